The van der Waals surface area contributed by atoms with Crippen molar-refractivity contribution in [2.24, 2.45) is 5.73 Å². The number of hydrogen-bond donors (Lipinski definition) is 3. The van der Waals surface area contributed by atoms with E-state index in [-0.39, 0.29) is 0 Å². The number of rotatable bonds is 3. The lowest BCUT2D eigenvalue weighted by Crippen LogP contribution is -2.21. The second kappa shape index (κ2) is 9.20. The quantitative estimate of drug-likeness (QED) is 0.745. The van der Waals surface area contributed by atoms with Crippen molar-refractivity contribution in [3.8, 4) is 5.75 Å². The zero-order valence-electron chi connectivity index (χ0n) is 14.4. The molecular weight excluding hydrogens is 318 g/mol. The maximum Gasteiger partial charge on any atom is 0.337 e. The molecule has 0 aliphatic heterocycles. The average molecular weight is 343 g/mol. The van der Waals surface area contributed by atoms with Gasteiger partial charge in [-0.25, -0.2) is 4.79 Å². The molecule has 25 heavy (non-hydrogen) atoms. The highest BCUT2D eigenvalue weighted by atomic mass is 16.5. The summed E-state index contributed by atoms with van der Waals surface area (Å²) < 4.78 is 5.22. The van der Waals surface area contributed by atoms with E-state index in [1.807, 2.05) is 6.07 Å². The SMILES string of the molecule is COc1ccc2c(c1)C[C@H](N)CCC2.O=C(O)C(O)c1ccccc1. The molecule has 0 fully saturated rings. The number of aryl methyl sites for hydroxylation is 1. The molecule has 0 bridgehead atoms. The molecule has 0 amide bonds. The number of methoxy groups -OCH3 is 1. The van der Waals surface area contributed by atoms with Crippen molar-refractivity contribution in [3.05, 3.63) is 65.2 Å². The van der Waals surface area contributed by atoms with Crippen molar-refractivity contribution in [1.29, 1.82) is 0 Å². The molecule has 4 N–H and O–H groups in total. The highest BCUT2D eigenvalue weighted by Gasteiger charge is 2.14. The zero-order chi connectivity index (χ0) is 18.2. The van der Waals surface area contributed by atoms with Crippen LogP contribution < -0.4 is 10.5 Å². The molecule has 1 unspecified atom stereocenters. The van der Waals surface area contributed by atoms with Crippen molar-refractivity contribution in [2.75, 3.05) is 7.11 Å². The summed E-state index contributed by atoms with van der Waals surface area (Å²) >= 11 is 0. The molecule has 0 heterocycles. The van der Waals surface area contributed by atoms with Gasteiger partial charge in [-0.05, 0) is 54.5 Å². The van der Waals surface area contributed by atoms with Crippen LogP contribution in [-0.4, -0.2) is 29.3 Å². The largest absolute Gasteiger partial charge is 0.497 e. The van der Waals surface area contributed by atoms with E-state index in [1.54, 1.807) is 37.4 Å². The normalized spacial score (nSPS) is 17.3. The highest BCUT2D eigenvalue weighted by molar-refractivity contribution is 5.73. The molecule has 0 saturated carbocycles. The fourth-order valence-electron chi connectivity index (χ4n) is 2.88. The number of benzene rings is 2. The molecule has 0 saturated heterocycles. The summed E-state index contributed by atoms with van der Waals surface area (Å²) in [5, 5.41) is 17.4. The number of carbonyl (C=O) groups is 1. The van der Waals surface area contributed by atoms with Crippen LogP contribution in [0.15, 0.2) is 48.5 Å². The van der Waals surface area contributed by atoms with Gasteiger partial charge in [-0.15, -0.1) is 0 Å². The summed E-state index contributed by atoms with van der Waals surface area (Å²) in [6, 6.07) is 14.9. The van der Waals surface area contributed by atoms with E-state index >= 15 is 0 Å². The number of fused-ring (bicyclic) bond motifs is 1. The van der Waals surface area contributed by atoms with E-state index in [0.29, 0.717) is 11.6 Å². The lowest BCUT2D eigenvalue weighted by atomic mass is 10.0. The minimum Gasteiger partial charge on any atom is -0.497 e. The van der Waals surface area contributed by atoms with Crippen LogP contribution in [0.2, 0.25) is 0 Å². The third kappa shape index (κ3) is 5.59. The van der Waals surface area contributed by atoms with Crippen LogP contribution in [-0.2, 0) is 17.6 Å². The number of ether oxygens (including phenoxy) is 1. The second-order valence-electron chi connectivity index (χ2n) is 6.14. The van der Waals surface area contributed by atoms with Gasteiger partial charge in [-0.1, -0.05) is 36.4 Å². The molecule has 5 heteroatoms. The predicted molar refractivity (Wildman–Crippen MR) is 96.6 cm³/mol. The Morgan fingerprint density at radius 3 is 2.56 bits per heavy atom. The molecule has 2 aromatic rings. The number of aliphatic carboxylic acids is 1. The Balaban J connectivity index is 0.000000186. The number of nitrogens with two attached hydrogens (primary N) is 1. The molecule has 2 atom stereocenters. The van der Waals surface area contributed by atoms with Gasteiger partial charge in [-0.2, -0.15) is 0 Å². The lowest BCUT2D eigenvalue weighted by molar-refractivity contribution is -0.146. The topological polar surface area (TPSA) is 92.8 Å². The Bertz CT molecular complexity index is 687. The number of carboxylic acids is 1. The van der Waals surface area contributed by atoms with Gasteiger partial charge in [-0.3, -0.25) is 0 Å². The van der Waals surface area contributed by atoms with Gasteiger partial charge in [0, 0.05) is 6.04 Å². The third-order valence-corrected chi connectivity index (χ3v) is 4.27. The van der Waals surface area contributed by atoms with Crippen molar-refractivity contribution in [3.63, 3.8) is 0 Å². The van der Waals surface area contributed by atoms with E-state index in [0.717, 1.165) is 25.0 Å². The lowest BCUT2D eigenvalue weighted by Gasteiger charge is -2.10. The van der Waals surface area contributed by atoms with Crippen LogP contribution >= 0.6 is 0 Å². The van der Waals surface area contributed by atoms with Gasteiger partial charge in [0.05, 0.1) is 7.11 Å². The van der Waals surface area contributed by atoms with Crippen LogP contribution in [0.5, 0.6) is 5.75 Å². The average Bonchev–Trinajstić information content (AvgIpc) is 2.82. The predicted octanol–water partition coefficient (Wildman–Crippen LogP) is 2.71. The van der Waals surface area contributed by atoms with Crippen LogP contribution in [0, 0.1) is 0 Å². The van der Waals surface area contributed by atoms with Crippen LogP contribution in [0.3, 0.4) is 0 Å². The maximum absolute atomic E-state index is 10.2. The second-order valence-corrected chi connectivity index (χ2v) is 6.14. The third-order valence-electron chi connectivity index (χ3n) is 4.27. The first-order valence-corrected chi connectivity index (χ1v) is 8.38. The first-order chi connectivity index (χ1) is 12.0. The summed E-state index contributed by atoms with van der Waals surface area (Å²) in [5.74, 6) is -0.283. The summed E-state index contributed by atoms with van der Waals surface area (Å²) in [7, 11) is 1.71. The molecule has 0 spiro atoms. The van der Waals surface area contributed by atoms with Crippen LogP contribution in [0.1, 0.15) is 35.6 Å². The first-order valence-electron chi connectivity index (χ1n) is 8.38. The maximum atomic E-state index is 10.2. The number of carboxylic acid groups (broad SMARTS) is 1. The van der Waals surface area contributed by atoms with Gasteiger partial charge in [0.1, 0.15) is 5.75 Å². The van der Waals surface area contributed by atoms with E-state index in [9.17, 15) is 4.79 Å². The van der Waals surface area contributed by atoms with Gasteiger partial charge in [0.15, 0.2) is 6.10 Å². The number of aliphatic hydroxyl groups is 1. The minimum atomic E-state index is -1.41. The van der Waals surface area contributed by atoms with Crippen molar-refractivity contribution in [1.82, 2.24) is 0 Å². The molecule has 2 aromatic carbocycles. The fourth-order valence-corrected chi connectivity index (χ4v) is 2.88. The van der Waals surface area contributed by atoms with Crippen LogP contribution in [0.4, 0.5) is 0 Å². The van der Waals surface area contributed by atoms with Crippen molar-refractivity contribution >= 4 is 5.97 Å². The van der Waals surface area contributed by atoms with E-state index in [1.165, 1.54) is 17.5 Å². The summed E-state index contributed by atoms with van der Waals surface area (Å²) in [4.78, 5) is 10.2. The van der Waals surface area contributed by atoms with Crippen molar-refractivity contribution in [2.45, 2.75) is 37.8 Å². The molecule has 134 valence electrons. The van der Waals surface area contributed by atoms with E-state index in [2.05, 4.69) is 12.1 Å². The van der Waals surface area contributed by atoms with Gasteiger partial charge in [0.2, 0.25) is 0 Å². The Morgan fingerprint density at radius 1 is 1.20 bits per heavy atom. The molecule has 0 radical (unpaired) electrons. The van der Waals surface area contributed by atoms with E-state index in [4.69, 9.17) is 20.7 Å². The van der Waals surface area contributed by atoms with Crippen LogP contribution in [0.25, 0.3) is 0 Å². The van der Waals surface area contributed by atoms with Gasteiger partial charge in [0.25, 0.3) is 0 Å². The molecule has 3 rings (SSSR count). The fraction of sp³-hybridized carbons (Fsp3) is 0.350. The minimum absolute atomic E-state index is 0.323. The Labute approximate surface area is 148 Å². The van der Waals surface area contributed by atoms with E-state index < -0.39 is 12.1 Å². The Kier molecular flexibility index (Phi) is 6.98. The first kappa shape index (κ1) is 19.0. The monoisotopic (exact) mass is 343 g/mol. The van der Waals surface area contributed by atoms with Gasteiger partial charge >= 0.3 is 5.97 Å². The smallest absolute Gasteiger partial charge is 0.337 e. The highest BCUT2D eigenvalue weighted by Crippen LogP contribution is 2.24. The molecular formula is C20H25NO4. The molecule has 1 aliphatic carbocycles. The Hall–Kier alpha value is -2.37. The number of hydrogen-bond acceptors (Lipinski definition) is 4. The summed E-state index contributed by atoms with van der Waals surface area (Å²) in [6.07, 6.45) is 3.09. The molecule has 5 nitrogen and oxygen atoms in total. The van der Waals surface area contributed by atoms with Gasteiger partial charge < -0.3 is 20.7 Å². The summed E-state index contributed by atoms with van der Waals surface area (Å²) in [5.41, 5.74) is 9.22. The molecule has 0 aromatic heterocycles. The Morgan fingerprint density at radius 2 is 1.92 bits per heavy atom. The van der Waals surface area contributed by atoms with Crippen molar-refractivity contribution < 1.29 is 19.7 Å². The number of aliphatic hydroxyl groups excluding tert-OH is 1. The standard InChI is InChI=1S/C12H17NO.C8H8O3/c1-14-12-6-5-9-3-2-4-11(13)7-10(9)8-12;9-7(8(10)11)6-4-2-1-3-5-6/h5-6,8,11H,2-4,7,13H2,1H3;1-5,7,9H,(H,10,11)/t11-;/m1./s1. The molecule has 1 aliphatic rings. The zero-order valence-corrected chi connectivity index (χ0v) is 14.4. The summed E-state index contributed by atoms with van der Waals surface area (Å²) in [6.45, 7) is 0.